The van der Waals surface area contributed by atoms with Crippen molar-refractivity contribution in [3.05, 3.63) is 58.1 Å². The lowest BCUT2D eigenvalue weighted by atomic mass is 10.1. The van der Waals surface area contributed by atoms with E-state index in [1.54, 1.807) is 18.2 Å². The van der Waals surface area contributed by atoms with Gasteiger partial charge in [0, 0.05) is 12.2 Å². The Morgan fingerprint density at radius 1 is 1.12 bits per heavy atom. The maximum Gasteiger partial charge on any atom is 0.257 e. The molecule has 1 saturated heterocycles. The molecule has 2 aromatic carbocycles. The summed E-state index contributed by atoms with van der Waals surface area (Å²) >= 11 is 6.21. The lowest BCUT2D eigenvalue weighted by Gasteiger charge is -2.28. The topological polar surface area (TPSA) is 66.5 Å². The van der Waals surface area contributed by atoms with Gasteiger partial charge < -0.3 is 5.32 Å². The standard InChI is InChI=1S/C19H21ClN2O3S/c1-13-5-6-14(2)18(11-13)21-19(23)16-12-15(7-8-17(16)20)22-9-3-4-10-26(22,24)25/h5-8,11-12H,3-4,9-10H2,1-2H3,(H,21,23). The Kier molecular flexibility index (Phi) is 5.25. The van der Waals surface area contributed by atoms with Crippen LogP contribution in [0.15, 0.2) is 36.4 Å². The fourth-order valence-electron chi connectivity index (χ4n) is 2.98. The maximum absolute atomic E-state index is 12.7. The van der Waals surface area contributed by atoms with Crippen molar-refractivity contribution in [2.75, 3.05) is 21.9 Å². The van der Waals surface area contributed by atoms with Gasteiger partial charge in [-0.1, -0.05) is 23.7 Å². The molecule has 0 aliphatic carbocycles. The fourth-order valence-corrected chi connectivity index (χ4v) is 4.82. The Hall–Kier alpha value is -2.05. The van der Waals surface area contributed by atoms with Crippen LogP contribution in [0.1, 0.15) is 34.3 Å². The summed E-state index contributed by atoms with van der Waals surface area (Å²) in [5.74, 6) is -0.237. The largest absolute Gasteiger partial charge is 0.322 e. The number of benzene rings is 2. The molecular formula is C19H21ClN2O3S. The third-order valence-corrected chi connectivity index (χ3v) is 6.67. The number of hydrogen-bond acceptors (Lipinski definition) is 3. The Bertz CT molecular complexity index is 957. The number of amides is 1. The number of aryl methyl sites for hydroxylation is 2. The van der Waals surface area contributed by atoms with Crippen molar-refractivity contribution >= 4 is 38.9 Å². The van der Waals surface area contributed by atoms with Crippen LogP contribution in [0.4, 0.5) is 11.4 Å². The molecule has 0 saturated carbocycles. The van der Waals surface area contributed by atoms with E-state index in [1.165, 1.54) is 4.31 Å². The second-order valence-corrected chi connectivity index (χ2v) is 8.95. The molecule has 138 valence electrons. The highest BCUT2D eigenvalue weighted by atomic mass is 35.5. The van der Waals surface area contributed by atoms with Crippen LogP contribution in [0.2, 0.25) is 5.02 Å². The number of nitrogens with zero attached hydrogens (tertiary/aromatic N) is 1. The number of hydrogen-bond donors (Lipinski definition) is 1. The summed E-state index contributed by atoms with van der Waals surface area (Å²) in [4.78, 5) is 12.7. The molecule has 1 fully saturated rings. The van der Waals surface area contributed by atoms with Crippen LogP contribution in [-0.4, -0.2) is 26.6 Å². The highest BCUT2D eigenvalue weighted by Gasteiger charge is 2.27. The molecule has 1 N–H and O–H groups in total. The van der Waals surface area contributed by atoms with Crippen LogP contribution in [0.5, 0.6) is 0 Å². The zero-order valence-electron chi connectivity index (χ0n) is 14.8. The summed E-state index contributed by atoms with van der Waals surface area (Å²) < 4.78 is 26.0. The third-order valence-electron chi connectivity index (χ3n) is 4.47. The zero-order valence-corrected chi connectivity index (χ0v) is 16.3. The van der Waals surface area contributed by atoms with Crippen molar-refractivity contribution in [2.24, 2.45) is 0 Å². The first-order valence-corrected chi connectivity index (χ1v) is 10.5. The van der Waals surface area contributed by atoms with E-state index in [-0.39, 0.29) is 22.2 Å². The zero-order chi connectivity index (χ0) is 18.9. The van der Waals surface area contributed by atoms with E-state index in [9.17, 15) is 13.2 Å². The summed E-state index contributed by atoms with van der Waals surface area (Å²) in [7, 11) is -3.34. The SMILES string of the molecule is Cc1ccc(C)c(NC(=O)c2cc(N3CCCCS3(=O)=O)ccc2Cl)c1. The van der Waals surface area contributed by atoms with E-state index < -0.39 is 10.0 Å². The molecule has 1 amide bonds. The third kappa shape index (κ3) is 3.86. The lowest BCUT2D eigenvalue weighted by Crippen LogP contribution is -2.38. The Morgan fingerprint density at radius 3 is 2.62 bits per heavy atom. The van der Waals surface area contributed by atoms with Gasteiger partial charge in [-0.3, -0.25) is 9.10 Å². The highest BCUT2D eigenvalue weighted by molar-refractivity contribution is 7.92. The van der Waals surface area contributed by atoms with Gasteiger partial charge in [0.15, 0.2) is 0 Å². The molecule has 1 aliphatic heterocycles. The normalized spacial score (nSPS) is 16.3. The summed E-state index contributed by atoms with van der Waals surface area (Å²) in [5.41, 5.74) is 3.41. The maximum atomic E-state index is 12.7. The van der Waals surface area contributed by atoms with Gasteiger partial charge in [-0.2, -0.15) is 0 Å². The van der Waals surface area contributed by atoms with Crippen LogP contribution < -0.4 is 9.62 Å². The molecule has 26 heavy (non-hydrogen) atoms. The number of sulfonamides is 1. The number of nitrogens with one attached hydrogen (secondary N) is 1. The summed E-state index contributed by atoms with van der Waals surface area (Å²) in [6.45, 7) is 4.28. The molecule has 5 nitrogen and oxygen atoms in total. The highest BCUT2D eigenvalue weighted by Crippen LogP contribution is 2.29. The van der Waals surface area contributed by atoms with Crippen molar-refractivity contribution in [2.45, 2.75) is 26.7 Å². The first kappa shape index (κ1) is 18.7. The van der Waals surface area contributed by atoms with Gasteiger partial charge in [0.25, 0.3) is 5.91 Å². The monoisotopic (exact) mass is 392 g/mol. The van der Waals surface area contributed by atoms with Gasteiger partial charge in [-0.15, -0.1) is 0 Å². The van der Waals surface area contributed by atoms with Gasteiger partial charge in [0.2, 0.25) is 10.0 Å². The number of carbonyl (C=O) groups excluding carboxylic acids is 1. The molecule has 7 heteroatoms. The van der Waals surface area contributed by atoms with Crippen LogP contribution in [-0.2, 0) is 10.0 Å². The molecule has 0 spiro atoms. The van der Waals surface area contributed by atoms with Crippen molar-refractivity contribution in [1.82, 2.24) is 0 Å². The number of anilines is 2. The van der Waals surface area contributed by atoms with Gasteiger partial charge in [0.1, 0.15) is 0 Å². The Morgan fingerprint density at radius 2 is 1.88 bits per heavy atom. The molecule has 0 unspecified atom stereocenters. The van der Waals surface area contributed by atoms with Gasteiger partial charge in [-0.25, -0.2) is 8.42 Å². The fraction of sp³-hybridized carbons (Fsp3) is 0.316. The number of halogens is 1. The average molecular weight is 393 g/mol. The lowest BCUT2D eigenvalue weighted by molar-refractivity contribution is 0.102. The quantitative estimate of drug-likeness (QED) is 0.853. The van der Waals surface area contributed by atoms with Crippen LogP contribution in [0.25, 0.3) is 0 Å². The second kappa shape index (κ2) is 7.29. The Balaban J connectivity index is 1.92. The van der Waals surface area contributed by atoms with Gasteiger partial charge in [-0.05, 0) is 62.1 Å². The van der Waals surface area contributed by atoms with Crippen LogP contribution >= 0.6 is 11.6 Å². The van der Waals surface area contributed by atoms with E-state index in [4.69, 9.17) is 11.6 Å². The number of carbonyl (C=O) groups is 1. The van der Waals surface area contributed by atoms with Gasteiger partial charge in [0.05, 0.1) is 22.0 Å². The smallest absolute Gasteiger partial charge is 0.257 e. The predicted octanol–water partition coefficient (Wildman–Crippen LogP) is 4.14. The Labute approximate surface area is 159 Å². The summed E-state index contributed by atoms with van der Waals surface area (Å²) in [6.07, 6.45) is 1.46. The van der Waals surface area contributed by atoms with E-state index in [2.05, 4.69) is 5.32 Å². The minimum absolute atomic E-state index is 0.125. The van der Waals surface area contributed by atoms with Crippen molar-refractivity contribution in [3.63, 3.8) is 0 Å². The second-order valence-electron chi connectivity index (χ2n) is 6.53. The first-order chi connectivity index (χ1) is 12.3. The average Bonchev–Trinajstić information content (AvgIpc) is 2.58. The predicted molar refractivity (Wildman–Crippen MR) is 106 cm³/mol. The molecule has 0 radical (unpaired) electrons. The van der Waals surface area contributed by atoms with Crippen molar-refractivity contribution < 1.29 is 13.2 Å². The van der Waals surface area contributed by atoms with E-state index in [0.717, 1.165) is 17.5 Å². The van der Waals surface area contributed by atoms with Crippen molar-refractivity contribution in [3.8, 4) is 0 Å². The van der Waals surface area contributed by atoms with Gasteiger partial charge >= 0.3 is 0 Å². The van der Waals surface area contributed by atoms with E-state index in [0.29, 0.717) is 24.3 Å². The molecule has 1 aliphatic rings. The van der Waals surface area contributed by atoms with Crippen LogP contribution in [0.3, 0.4) is 0 Å². The number of rotatable bonds is 3. The molecule has 0 atom stereocenters. The molecule has 0 bridgehead atoms. The summed E-state index contributed by atoms with van der Waals surface area (Å²) in [6, 6.07) is 10.5. The summed E-state index contributed by atoms with van der Waals surface area (Å²) in [5, 5.41) is 3.15. The molecule has 1 heterocycles. The molecule has 2 aromatic rings. The molecule has 0 aromatic heterocycles. The minimum atomic E-state index is -3.34. The molecule has 3 rings (SSSR count). The van der Waals surface area contributed by atoms with Crippen LogP contribution in [0, 0.1) is 13.8 Å². The first-order valence-electron chi connectivity index (χ1n) is 8.46. The molecular weight excluding hydrogens is 372 g/mol. The van der Waals surface area contributed by atoms with E-state index in [1.807, 2.05) is 32.0 Å². The minimum Gasteiger partial charge on any atom is -0.322 e. The van der Waals surface area contributed by atoms with Crippen molar-refractivity contribution in [1.29, 1.82) is 0 Å². The van der Waals surface area contributed by atoms with E-state index >= 15 is 0 Å².